The fourth-order valence-electron chi connectivity index (χ4n) is 5.56. The first-order chi connectivity index (χ1) is 17.3. The Kier molecular flexibility index (Phi) is 6.69. The van der Waals surface area contributed by atoms with Gasteiger partial charge in [-0.1, -0.05) is 25.1 Å². The minimum absolute atomic E-state index is 0.0209. The van der Waals surface area contributed by atoms with Crippen molar-refractivity contribution in [2.75, 3.05) is 20.1 Å². The summed E-state index contributed by atoms with van der Waals surface area (Å²) in [4.78, 5) is 35.8. The van der Waals surface area contributed by atoms with Crippen LogP contribution in [0.2, 0.25) is 0 Å². The van der Waals surface area contributed by atoms with Gasteiger partial charge in [-0.2, -0.15) is 0 Å². The van der Waals surface area contributed by atoms with Crippen LogP contribution in [0.4, 0.5) is 0 Å². The molecule has 1 saturated heterocycles. The predicted molar refractivity (Wildman–Crippen MR) is 142 cm³/mol. The van der Waals surface area contributed by atoms with Crippen molar-refractivity contribution in [1.29, 1.82) is 0 Å². The fraction of sp³-hybridized carbons (Fsp3) is 0.433. The third-order valence-corrected chi connectivity index (χ3v) is 7.75. The molecule has 0 spiro atoms. The number of carbonyl (C=O) groups is 2. The van der Waals surface area contributed by atoms with Gasteiger partial charge in [-0.3, -0.25) is 9.59 Å². The summed E-state index contributed by atoms with van der Waals surface area (Å²) in [7, 11) is 1.87. The van der Waals surface area contributed by atoms with Crippen LogP contribution < -0.4 is 0 Å². The van der Waals surface area contributed by atoms with E-state index in [0.29, 0.717) is 31.8 Å². The third-order valence-electron chi connectivity index (χ3n) is 7.75. The van der Waals surface area contributed by atoms with Crippen LogP contribution in [0.1, 0.15) is 67.4 Å². The number of fused-ring (bicyclic) bond motifs is 2. The molecular weight excluding hydrogens is 450 g/mol. The van der Waals surface area contributed by atoms with Crippen molar-refractivity contribution in [3.8, 4) is 0 Å². The van der Waals surface area contributed by atoms with Gasteiger partial charge < -0.3 is 14.2 Å². The molecule has 36 heavy (non-hydrogen) atoms. The smallest absolute Gasteiger partial charge is 0.254 e. The molecule has 6 nitrogen and oxygen atoms in total. The molecule has 2 aromatic heterocycles. The molecule has 1 unspecified atom stereocenters. The van der Waals surface area contributed by atoms with Crippen molar-refractivity contribution in [1.82, 2.24) is 14.8 Å². The van der Waals surface area contributed by atoms with Gasteiger partial charge in [0.2, 0.25) is 5.91 Å². The minimum Gasteiger partial charge on any atom is -0.465 e. The lowest BCUT2D eigenvalue weighted by molar-refractivity contribution is -0.137. The molecular formula is C30H35N3O3. The minimum atomic E-state index is -0.0209. The number of amides is 2. The zero-order valence-electron chi connectivity index (χ0n) is 21.7. The number of carbonyl (C=O) groups excluding carboxylic acids is 2. The van der Waals surface area contributed by atoms with Gasteiger partial charge in [0, 0.05) is 37.5 Å². The van der Waals surface area contributed by atoms with E-state index in [2.05, 4.69) is 13.0 Å². The number of nitrogens with zero attached hydrogens (tertiary/aromatic N) is 3. The van der Waals surface area contributed by atoms with Crippen LogP contribution in [0.25, 0.3) is 22.6 Å². The number of furan rings is 1. The van der Waals surface area contributed by atoms with E-state index in [0.717, 1.165) is 51.9 Å². The van der Waals surface area contributed by atoms with Gasteiger partial charge in [0.1, 0.15) is 5.76 Å². The molecule has 0 saturated carbocycles. The average Bonchev–Trinajstić information content (AvgIpc) is 3.39. The van der Waals surface area contributed by atoms with Crippen molar-refractivity contribution in [2.24, 2.45) is 11.8 Å². The van der Waals surface area contributed by atoms with E-state index in [-0.39, 0.29) is 23.8 Å². The summed E-state index contributed by atoms with van der Waals surface area (Å²) in [5.41, 5.74) is 4.67. The zero-order valence-corrected chi connectivity index (χ0v) is 21.7. The number of allylic oxidation sites excluding steroid dienone is 1. The van der Waals surface area contributed by atoms with Crippen molar-refractivity contribution >= 4 is 34.4 Å². The second-order valence-electron chi connectivity index (χ2n) is 10.6. The second kappa shape index (κ2) is 9.92. The van der Waals surface area contributed by atoms with Gasteiger partial charge in [-0.05, 0) is 80.9 Å². The van der Waals surface area contributed by atoms with E-state index in [9.17, 15) is 9.59 Å². The van der Waals surface area contributed by atoms with E-state index >= 15 is 0 Å². The molecule has 2 aliphatic rings. The molecule has 188 valence electrons. The van der Waals surface area contributed by atoms with Crippen molar-refractivity contribution < 1.29 is 14.0 Å². The summed E-state index contributed by atoms with van der Waals surface area (Å²) in [6, 6.07) is 12.0. The summed E-state index contributed by atoms with van der Waals surface area (Å²) < 4.78 is 5.60. The van der Waals surface area contributed by atoms with Crippen molar-refractivity contribution in [3.05, 3.63) is 65.2 Å². The zero-order chi connectivity index (χ0) is 25.4. The Hall–Kier alpha value is -3.41. The van der Waals surface area contributed by atoms with Crippen LogP contribution >= 0.6 is 0 Å². The summed E-state index contributed by atoms with van der Waals surface area (Å²) in [5.74, 6) is 1.41. The lowest BCUT2D eigenvalue weighted by atomic mass is 9.80. The number of rotatable bonds is 4. The molecule has 1 atom stereocenters. The van der Waals surface area contributed by atoms with Gasteiger partial charge in [-0.25, -0.2) is 4.98 Å². The maximum atomic E-state index is 14.1. The highest BCUT2D eigenvalue weighted by atomic mass is 16.3. The first kappa shape index (κ1) is 24.3. The van der Waals surface area contributed by atoms with E-state index in [1.165, 1.54) is 0 Å². The van der Waals surface area contributed by atoms with E-state index in [4.69, 9.17) is 9.40 Å². The fourth-order valence-corrected chi connectivity index (χ4v) is 5.56. The Balaban J connectivity index is 1.50. The Bertz CT molecular complexity index is 1300. The summed E-state index contributed by atoms with van der Waals surface area (Å²) in [6.45, 7) is 7.48. The quantitative estimate of drug-likeness (QED) is 0.478. The monoisotopic (exact) mass is 485 g/mol. The Morgan fingerprint density at radius 3 is 2.56 bits per heavy atom. The molecule has 1 aromatic carbocycles. The van der Waals surface area contributed by atoms with Gasteiger partial charge >= 0.3 is 0 Å². The van der Waals surface area contributed by atoms with Crippen LogP contribution in [0.15, 0.2) is 47.1 Å². The average molecular weight is 486 g/mol. The molecule has 3 aromatic rings. The topological polar surface area (TPSA) is 66.7 Å². The highest BCUT2D eigenvalue weighted by Gasteiger charge is 2.34. The predicted octanol–water partition coefficient (Wildman–Crippen LogP) is 5.67. The molecule has 2 amide bonds. The number of aromatic nitrogens is 1. The normalized spacial score (nSPS) is 19.6. The van der Waals surface area contributed by atoms with Gasteiger partial charge in [-0.15, -0.1) is 0 Å². The third kappa shape index (κ3) is 4.57. The molecule has 0 radical (unpaired) electrons. The second-order valence-corrected chi connectivity index (χ2v) is 10.6. The van der Waals surface area contributed by atoms with Crippen LogP contribution in [0.5, 0.6) is 0 Å². The van der Waals surface area contributed by atoms with Gasteiger partial charge in [0.25, 0.3) is 5.91 Å². The molecule has 1 aliphatic carbocycles. The molecule has 6 heteroatoms. The number of hydrogen-bond donors (Lipinski definition) is 0. The van der Waals surface area contributed by atoms with E-state index in [1.54, 1.807) is 6.26 Å². The summed E-state index contributed by atoms with van der Waals surface area (Å²) in [6.07, 6.45) is 6.85. The van der Waals surface area contributed by atoms with Crippen LogP contribution in [0.3, 0.4) is 0 Å². The number of pyridine rings is 1. The molecule has 0 bridgehead atoms. The maximum absolute atomic E-state index is 14.1. The van der Waals surface area contributed by atoms with Crippen LogP contribution in [0, 0.1) is 11.8 Å². The standard InChI is InChI=1S/C30H35N3O3/c1-19(2)32(4)29(34)21-11-13-33(14-12-21)30(35)27-24-9-5-6-10-26(24)31-28-22(16-20(3)17-25(27)28)18-23-8-7-15-36-23/h5-10,15,18-21H,11-14,16-17H2,1-4H3/b22-18+. The van der Waals surface area contributed by atoms with Crippen molar-refractivity contribution in [3.63, 3.8) is 0 Å². The van der Waals surface area contributed by atoms with Gasteiger partial charge in [0.15, 0.2) is 0 Å². The highest BCUT2D eigenvalue weighted by molar-refractivity contribution is 6.09. The number of piperidine rings is 1. The number of hydrogen-bond acceptors (Lipinski definition) is 4. The number of benzene rings is 1. The maximum Gasteiger partial charge on any atom is 0.254 e. The summed E-state index contributed by atoms with van der Waals surface area (Å²) >= 11 is 0. The molecule has 0 N–H and O–H groups in total. The lowest BCUT2D eigenvalue weighted by Crippen LogP contribution is -2.45. The Labute approximate surface area is 213 Å². The molecule has 1 aliphatic heterocycles. The van der Waals surface area contributed by atoms with E-state index < -0.39 is 0 Å². The SMILES string of the molecule is CC1C/C(=C\c2ccco2)c2nc3ccccc3c(C(=O)N3CCC(C(=O)N(C)C(C)C)CC3)c2C1. The van der Waals surface area contributed by atoms with E-state index in [1.807, 2.05) is 67.1 Å². The molecule has 5 rings (SSSR count). The molecule has 1 fully saturated rings. The highest BCUT2D eigenvalue weighted by Crippen LogP contribution is 2.39. The van der Waals surface area contributed by atoms with Crippen LogP contribution in [-0.4, -0.2) is 52.8 Å². The van der Waals surface area contributed by atoms with Crippen molar-refractivity contribution in [2.45, 2.75) is 52.5 Å². The van der Waals surface area contributed by atoms with Gasteiger partial charge in [0.05, 0.1) is 23.0 Å². The Morgan fingerprint density at radius 2 is 1.86 bits per heavy atom. The largest absolute Gasteiger partial charge is 0.465 e. The van der Waals surface area contributed by atoms with Crippen LogP contribution in [-0.2, 0) is 11.2 Å². The Morgan fingerprint density at radius 1 is 1.11 bits per heavy atom. The first-order valence-electron chi connectivity index (χ1n) is 13.1. The number of likely N-dealkylation sites (tertiary alicyclic amines) is 1. The summed E-state index contributed by atoms with van der Waals surface area (Å²) in [5, 5.41) is 0.908. The number of para-hydroxylation sites is 1. The first-order valence-corrected chi connectivity index (χ1v) is 13.1. The molecule has 3 heterocycles. The lowest BCUT2D eigenvalue weighted by Gasteiger charge is -2.35.